The molecule has 0 bridgehead atoms. The molecule has 1 aliphatic heterocycles. The van der Waals surface area contributed by atoms with E-state index in [1.54, 1.807) is 6.20 Å². The Kier molecular flexibility index (Phi) is 4.57. The number of anilines is 1. The van der Waals surface area contributed by atoms with Crippen LogP contribution in [0.15, 0.2) is 59.6 Å². The smallest absolute Gasteiger partial charge is 0.243 e. The highest BCUT2D eigenvalue weighted by atomic mass is 32.2. The summed E-state index contributed by atoms with van der Waals surface area (Å²) in [4.78, 5) is 6.59. The van der Waals surface area contributed by atoms with E-state index in [9.17, 15) is 12.8 Å². The number of aromatic nitrogens is 1. The number of nitrogens with zero attached hydrogens (tertiary/aromatic N) is 3. The highest BCUT2D eigenvalue weighted by Crippen LogP contribution is 2.28. The number of hydrogen-bond donors (Lipinski definition) is 0. The first-order valence-corrected chi connectivity index (χ1v) is 10.3. The summed E-state index contributed by atoms with van der Waals surface area (Å²) < 4.78 is 40.4. The van der Waals surface area contributed by atoms with Gasteiger partial charge in [-0.15, -0.1) is 0 Å². The molecule has 4 rings (SSSR count). The fourth-order valence-corrected chi connectivity index (χ4v) is 4.92. The largest absolute Gasteiger partial charge is 0.368 e. The van der Waals surface area contributed by atoms with E-state index in [-0.39, 0.29) is 4.90 Å². The predicted molar refractivity (Wildman–Crippen MR) is 104 cm³/mol. The molecule has 3 aromatic rings. The summed E-state index contributed by atoms with van der Waals surface area (Å²) in [5, 5.41) is 1.07. The Bertz CT molecular complexity index is 1090. The van der Waals surface area contributed by atoms with E-state index in [1.165, 1.54) is 22.5 Å². The summed E-state index contributed by atoms with van der Waals surface area (Å²) in [5.74, 6) is -0.548. The molecule has 0 spiro atoms. The van der Waals surface area contributed by atoms with Crippen LogP contribution in [0.5, 0.6) is 0 Å². The van der Waals surface area contributed by atoms with Crippen LogP contribution < -0.4 is 4.90 Å². The molecular formula is C20H20FN3O2S. The van der Waals surface area contributed by atoms with E-state index in [4.69, 9.17) is 0 Å². The molecule has 2 heterocycles. The number of pyridine rings is 1. The number of aryl methyl sites for hydroxylation is 1. The lowest BCUT2D eigenvalue weighted by molar-refractivity contribution is 0.385. The molecule has 0 atom stereocenters. The van der Waals surface area contributed by atoms with Crippen molar-refractivity contribution in [2.45, 2.75) is 11.8 Å². The Morgan fingerprint density at radius 2 is 1.78 bits per heavy atom. The van der Waals surface area contributed by atoms with Gasteiger partial charge in [0.15, 0.2) is 0 Å². The molecular weight excluding hydrogens is 365 g/mol. The van der Waals surface area contributed by atoms with E-state index < -0.39 is 15.8 Å². The molecule has 1 saturated heterocycles. The van der Waals surface area contributed by atoms with Crippen molar-refractivity contribution in [1.82, 2.24) is 9.29 Å². The van der Waals surface area contributed by atoms with Crippen LogP contribution in [0.2, 0.25) is 0 Å². The predicted octanol–water partition coefficient (Wildman–Crippen LogP) is 3.19. The van der Waals surface area contributed by atoms with E-state index >= 15 is 0 Å². The number of hydrogen-bond acceptors (Lipinski definition) is 4. The highest BCUT2D eigenvalue weighted by Gasteiger charge is 2.29. The Hall–Kier alpha value is -2.51. The first-order chi connectivity index (χ1) is 12.9. The Balaban J connectivity index is 1.57. The van der Waals surface area contributed by atoms with Crippen LogP contribution in [0.4, 0.5) is 10.1 Å². The van der Waals surface area contributed by atoms with Crippen LogP contribution in [0.3, 0.4) is 0 Å². The molecule has 27 heavy (non-hydrogen) atoms. The zero-order valence-electron chi connectivity index (χ0n) is 15.0. The summed E-state index contributed by atoms with van der Waals surface area (Å²) in [7, 11) is -3.69. The van der Waals surface area contributed by atoms with Crippen molar-refractivity contribution in [2.75, 3.05) is 31.1 Å². The second kappa shape index (κ2) is 6.90. The van der Waals surface area contributed by atoms with Gasteiger partial charge in [0.25, 0.3) is 0 Å². The van der Waals surface area contributed by atoms with Gasteiger partial charge in [-0.3, -0.25) is 4.98 Å². The fourth-order valence-electron chi connectivity index (χ4n) is 3.47. The van der Waals surface area contributed by atoms with Crippen LogP contribution >= 0.6 is 0 Å². The number of sulfonamides is 1. The molecule has 0 unspecified atom stereocenters. The van der Waals surface area contributed by atoms with Crippen molar-refractivity contribution in [1.29, 1.82) is 0 Å². The van der Waals surface area contributed by atoms with Crippen LogP contribution in [-0.2, 0) is 10.0 Å². The van der Waals surface area contributed by atoms with Crippen LogP contribution in [0.1, 0.15) is 5.56 Å². The number of halogens is 1. The Morgan fingerprint density at radius 3 is 2.52 bits per heavy atom. The summed E-state index contributed by atoms with van der Waals surface area (Å²) in [6.07, 6.45) is 1.78. The van der Waals surface area contributed by atoms with Crippen molar-refractivity contribution in [3.8, 4) is 0 Å². The highest BCUT2D eigenvalue weighted by molar-refractivity contribution is 7.89. The van der Waals surface area contributed by atoms with E-state index in [2.05, 4.69) is 16.0 Å². The lowest BCUT2D eigenvalue weighted by Crippen LogP contribution is -2.48. The molecule has 1 aliphatic rings. The maximum atomic E-state index is 13.4. The molecule has 2 aromatic carbocycles. The summed E-state index contributed by atoms with van der Waals surface area (Å²) in [5.41, 5.74) is 3.14. The minimum Gasteiger partial charge on any atom is -0.368 e. The van der Waals surface area contributed by atoms with E-state index in [0.29, 0.717) is 26.2 Å². The summed E-state index contributed by atoms with van der Waals surface area (Å²) >= 11 is 0. The summed E-state index contributed by atoms with van der Waals surface area (Å²) in [6.45, 7) is 3.89. The van der Waals surface area contributed by atoms with Gasteiger partial charge >= 0.3 is 0 Å². The second-order valence-corrected chi connectivity index (χ2v) is 8.64. The number of piperazine rings is 1. The van der Waals surface area contributed by atoms with Gasteiger partial charge in [0, 0.05) is 43.4 Å². The molecule has 0 N–H and O–H groups in total. The molecule has 0 saturated carbocycles. The molecule has 0 amide bonds. The third-order valence-electron chi connectivity index (χ3n) is 4.89. The van der Waals surface area contributed by atoms with Crippen LogP contribution in [0.25, 0.3) is 10.9 Å². The van der Waals surface area contributed by atoms with Gasteiger partial charge in [0.05, 0.1) is 10.4 Å². The molecule has 140 valence electrons. The maximum absolute atomic E-state index is 13.4. The molecule has 0 aliphatic carbocycles. The number of benzene rings is 2. The van der Waals surface area contributed by atoms with Crippen molar-refractivity contribution in [2.24, 2.45) is 0 Å². The van der Waals surface area contributed by atoms with Crippen molar-refractivity contribution >= 4 is 26.6 Å². The van der Waals surface area contributed by atoms with Gasteiger partial charge < -0.3 is 4.90 Å². The van der Waals surface area contributed by atoms with E-state index in [1.807, 2.05) is 25.1 Å². The van der Waals surface area contributed by atoms with Gasteiger partial charge in [-0.2, -0.15) is 4.31 Å². The zero-order chi connectivity index (χ0) is 19.0. The monoisotopic (exact) mass is 385 g/mol. The lowest BCUT2D eigenvalue weighted by atomic mass is 10.1. The minimum absolute atomic E-state index is 0.000866. The topological polar surface area (TPSA) is 53.5 Å². The average Bonchev–Trinajstić information content (AvgIpc) is 2.67. The molecule has 7 heteroatoms. The standard InChI is InChI=1S/C20H20FN3O2S/c1-15-5-6-19-18(13-15)20(7-8-22-19)23-9-11-24(12-10-23)27(25,26)17-4-2-3-16(21)14-17/h2-8,13-14H,9-12H2,1H3. The number of rotatable bonds is 3. The maximum Gasteiger partial charge on any atom is 0.243 e. The Labute approximate surface area is 158 Å². The first kappa shape index (κ1) is 17.9. The van der Waals surface area contributed by atoms with Crippen molar-refractivity contribution < 1.29 is 12.8 Å². The second-order valence-electron chi connectivity index (χ2n) is 6.70. The first-order valence-electron chi connectivity index (χ1n) is 8.81. The SMILES string of the molecule is Cc1ccc2nccc(N3CCN(S(=O)(=O)c4cccc(F)c4)CC3)c2c1. The van der Waals surface area contributed by atoms with Gasteiger partial charge in [0.2, 0.25) is 10.0 Å². The molecule has 1 aromatic heterocycles. The normalized spacial score (nSPS) is 16.0. The lowest BCUT2D eigenvalue weighted by Gasteiger charge is -2.35. The van der Waals surface area contributed by atoms with E-state index in [0.717, 1.165) is 28.2 Å². The molecule has 5 nitrogen and oxygen atoms in total. The Morgan fingerprint density at radius 1 is 1.00 bits per heavy atom. The van der Waals surface area contributed by atoms with Crippen molar-refractivity contribution in [3.05, 3.63) is 66.1 Å². The van der Waals surface area contributed by atoms with Crippen molar-refractivity contribution in [3.63, 3.8) is 0 Å². The third kappa shape index (κ3) is 3.40. The third-order valence-corrected chi connectivity index (χ3v) is 6.78. The molecule has 0 radical (unpaired) electrons. The average molecular weight is 385 g/mol. The zero-order valence-corrected chi connectivity index (χ0v) is 15.8. The van der Waals surface area contributed by atoms with Crippen LogP contribution in [-0.4, -0.2) is 43.9 Å². The number of fused-ring (bicyclic) bond motifs is 1. The quantitative estimate of drug-likeness (QED) is 0.695. The van der Waals surface area contributed by atoms with Crippen LogP contribution in [0, 0.1) is 12.7 Å². The molecule has 1 fully saturated rings. The van der Waals surface area contributed by atoms with Gasteiger partial charge in [-0.05, 0) is 43.3 Å². The minimum atomic E-state index is -3.69. The van der Waals surface area contributed by atoms with Gasteiger partial charge in [-0.25, -0.2) is 12.8 Å². The van der Waals surface area contributed by atoms with Gasteiger partial charge in [0.1, 0.15) is 5.82 Å². The van der Waals surface area contributed by atoms with Gasteiger partial charge in [-0.1, -0.05) is 17.7 Å². The fraction of sp³-hybridized carbons (Fsp3) is 0.250. The summed E-state index contributed by atoms with van der Waals surface area (Å²) in [6, 6.07) is 13.3.